The first-order valence-corrected chi connectivity index (χ1v) is 7.43. The normalized spacial score (nSPS) is 11.2. The van der Waals surface area contributed by atoms with Gasteiger partial charge in [-0.1, -0.05) is 0 Å². The molecular formula is C13H7BrF2IN3. The van der Waals surface area contributed by atoms with Crippen molar-refractivity contribution in [2.75, 3.05) is 5.73 Å². The van der Waals surface area contributed by atoms with Gasteiger partial charge in [0.2, 0.25) is 5.95 Å². The minimum absolute atomic E-state index is 0.152. The van der Waals surface area contributed by atoms with E-state index in [1.807, 2.05) is 12.1 Å². The largest absolute Gasteiger partial charge is 0.369 e. The molecule has 0 saturated carbocycles. The monoisotopic (exact) mass is 449 g/mol. The number of fused-ring (bicyclic) bond motifs is 1. The zero-order chi connectivity index (χ0) is 14.4. The summed E-state index contributed by atoms with van der Waals surface area (Å²) in [6, 6.07) is 7.69. The molecule has 0 fully saturated rings. The molecule has 3 aromatic rings. The molecule has 0 saturated heterocycles. The third-order valence-electron chi connectivity index (χ3n) is 2.87. The number of nitrogens with two attached hydrogens (primary N) is 1. The first-order valence-electron chi connectivity index (χ1n) is 5.56. The van der Waals surface area contributed by atoms with E-state index in [1.54, 1.807) is 6.07 Å². The summed E-state index contributed by atoms with van der Waals surface area (Å²) in [6.07, 6.45) is 0. The molecule has 20 heavy (non-hydrogen) atoms. The molecule has 0 bridgehead atoms. The summed E-state index contributed by atoms with van der Waals surface area (Å²) in [7, 11) is 0. The third-order valence-corrected chi connectivity index (χ3v) is 4.15. The molecule has 1 heterocycles. The minimum Gasteiger partial charge on any atom is -0.369 e. The van der Waals surface area contributed by atoms with Crippen LogP contribution < -0.4 is 5.73 Å². The average molecular weight is 450 g/mol. The van der Waals surface area contributed by atoms with Gasteiger partial charge < -0.3 is 5.73 Å². The topological polar surface area (TPSA) is 43.8 Å². The van der Waals surface area contributed by atoms with Crippen molar-refractivity contribution in [2.24, 2.45) is 0 Å². The quantitative estimate of drug-likeness (QED) is 0.445. The Kier molecular flexibility index (Phi) is 3.41. The molecule has 0 unspecified atom stereocenters. The molecule has 0 aliphatic rings. The van der Waals surface area contributed by atoms with Crippen LogP contribution in [0.4, 0.5) is 14.7 Å². The van der Waals surface area contributed by atoms with E-state index in [-0.39, 0.29) is 16.1 Å². The molecule has 102 valence electrons. The smallest absolute Gasteiger partial charge is 0.206 e. The zero-order valence-corrected chi connectivity index (χ0v) is 13.6. The number of imidazole rings is 1. The number of benzene rings is 2. The van der Waals surface area contributed by atoms with Crippen molar-refractivity contribution < 1.29 is 8.78 Å². The molecule has 0 atom stereocenters. The predicted octanol–water partition coefficient (Wildman–Crippen LogP) is 4.25. The van der Waals surface area contributed by atoms with Crippen LogP contribution in [-0.4, -0.2) is 9.55 Å². The van der Waals surface area contributed by atoms with Crippen molar-refractivity contribution in [3.63, 3.8) is 0 Å². The van der Waals surface area contributed by atoms with Crippen LogP contribution in [0.1, 0.15) is 0 Å². The maximum absolute atomic E-state index is 14.0. The highest BCUT2D eigenvalue weighted by Gasteiger charge is 2.16. The average Bonchev–Trinajstić information content (AvgIpc) is 2.69. The summed E-state index contributed by atoms with van der Waals surface area (Å²) in [5.41, 5.74) is 7.35. The first kappa shape index (κ1) is 13.7. The first-order chi connectivity index (χ1) is 9.47. The summed E-state index contributed by atoms with van der Waals surface area (Å²) in [4.78, 5) is 4.20. The van der Waals surface area contributed by atoms with Crippen molar-refractivity contribution >= 4 is 55.5 Å². The predicted molar refractivity (Wildman–Crippen MR) is 85.8 cm³/mol. The van der Waals surface area contributed by atoms with Crippen molar-refractivity contribution in [1.29, 1.82) is 0 Å². The fourth-order valence-corrected chi connectivity index (χ4v) is 2.81. The molecule has 0 amide bonds. The van der Waals surface area contributed by atoms with E-state index in [1.165, 1.54) is 10.6 Å². The maximum atomic E-state index is 14.0. The molecule has 3 nitrogen and oxygen atoms in total. The van der Waals surface area contributed by atoms with Crippen LogP contribution in [0.5, 0.6) is 0 Å². The lowest BCUT2D eigenvalue weighted by atomic mass is 10.2. The minimum atomic E-state index is -0.699. The number of hydrogen-bond donors (Lipinski definition) is 1. The van der Waals surface area contributed by atoms with Gasteiger partial charge in [-0.2, -0.15) is 0 Å². The summed E-state index contributed by atoms with van der Waals surface area (Å²) in [6.45, 7) is 0. The molecule has 2 aromatic carbocycles. The lowest BCUT2D eigenvalue weighted by molar-refractivity contribution is 0.574. The van der Waals surface area contributed by atoms with E-state index in [9.17, 15) is 8.78 Å². The Labute approximate surface area is 135 Å². The van der Waals surface area contributed by atoms with Crippen LogP contribution >= 0.6 is 38.5 Å². The molecule has 0 aliphatic carbocycles. The molecule has 0 spiro atoms. The van der Waals surface area contributed by atoms with Gasteiger partial charge in [-0.15, -0.1) is 0 Å². The van der Waals surface area contributed by atoms with Crippen LogP contribution in [0.25, 0.3) is 16.7 Å². The van der Waals surface area contributed by atoms with Crippen LogP contribution in [0, 0.1) is 15.2 Å². The fourth-order valence-electron chi connectivity index (χ4n) is 2.01. The van der Waals surface area contributed by atoms with Gasteiger partial charge in [-0.25, -0.2) is 13.8 Å². The molecule has 7 heteroatoms. The highest BCUT2D eigenvalue weighted by atomic mass is 127. The lowest BCUT2D eigenvalue weighted by Gasteiger charge is -2.09. The number of anilines is 1. The van der Waals surface area contributed by atoms with Crippen LogP contribution in [0.2, 0.25) is 0 Å². The van der Waals surface area contributed by atoms with Gasteiger partial charge >= 0.3 is 0 Å². The van der Waals surface area contributed by atoms with Crippen LogP contribution in [-0.2, 0) is 0 Å². The van der Waals surface area contributed by atoms with E-state index in [0.29, 0.717) is 11.0 Å². The Hall–Kier alpha value is -1.22. The van der Waals surface area contributed by atoms with Gasteiger partial charge in [0.15, 0.2) is 0 Å². The Balaban J connectivity index is 2.35. The van der Waals surface area contributed by atoms with E-state index in [0.717, 1.165) is 9.64 Å². The van der Waals surface area contributed by atoms with Gasteiger partial charge in [0.25, 0.3) is 0 Å². The molecule has 0 radical (unpaired) electrons. The van der Waals surface area contributed by atoms with E-state index in [4.69, 9.17) is 5.73 Å². The van der Waals surface area contributed by atoms with Crippen molar-refractivity contribution in [1.82, 2.24) is 9.55 Å². The van der Waals surface area contributed by atoms with Crippen molar-refractivity contribution in [3.8, 4) is 5.69 Å². The molecular weight excluding hydrogens is 443 g/mol. The zero-order valence-electron chi connectivity index (χ0n) is 9.87. The number of nitrogen functional groups attached to an aromatic ring is 1. The Morgan fingerprint density at radius 2 is 1.90 bits per heavy atom. The highest BCUT2D eigenvalue weighted by Crippen LogP contribution is 2.29. The molecule has 0 aliphatic heterocycles. The third kappa shape index (κ3) is 2.18. The van der Waals surface area contributed by atoms with E-state index < -0.39 is 11.6 Å². The van der Waals surface area contributed by atoms with Crippen molar-refractivity contribution in [2.45, 2.75) is 0 Å². The second-order valence-corrected chi connectivity index (χ2v) is 6.26. The fraction of sp³-hybridized carbons (Fsp3) is 0. The molecule has 3 rings (SSSR count). The Bertz CT molecular complexity index is 832. The standard InChI is InChI=1S/C13H7BrF2IN3/c14-7-4-12(9(16)5-8(7)15)20-11-2-1-6(17)3-10(11)19-13(20)18/h1-5H,(H2,18,19). The van der Waals surface area contributed by atoms with Gasteiger partial charge in [0, 0.05) is 9.64 Å². The maximum Gasteiger partial charge on any atom is 0.206 e. The Morgan fingerprint density at radius 3 is 2.65 bits per heavy atom. The summed E-state index contributed by atoms with van der Waals surface area (Å²) >= 11 is 5.21. The number of halogens is 4. The number of hydrogen-bond acceptors (Lipinski definition) is 2. The second-order valence-electron chi connectivity index (χ2n) is 4.16. The van der Waals surface area contributed by atoms with Gasteiger partial charge in [-0.05, 0) is 62.8 Å². The summed E-state index contributed by atoms with van der Waals surface area (Å²) < 4.78 is 30.0. The lowest BCUT2D eigenvalue weighted by Crippen LogP contribution is -2.03. The SMILES string of the molecule is Nc1nc2cc(I)ccc2n1-c1cc(Br)c(F)cc1F. The second kappa shape index (κ2) is 4.96. The van der Waals surface area contributed by atoms with Crippen molar-refractivity contribution in [3.05, 3.63) is 50.0 Å². The number of rotatable bonds is 1. The Morgan fingerprint density at radius 1 is 1.15 bits per heavy atom. The van der Waals surface area contributed by atoms with Gasteiger partial charge in [-0.3, -0.25) is 4.57 Å². The van der Waals surface area contributed by atoms with Crippen LogP contribution in [0.15, 0.2) is 34.8 Å². The van der Waals surface area contributed by atoms with Gasteiger partial charge in [0.05, 0.1) is 21.2 Å². The number of aromatic nitrogens is 2. The summed E-state index contributed by atoms with van der Waals surface area (Å²) in [5.74, 6) is -1.21. The van der Waals surface area contributed by atoms with Crippen LogP contribution in [0.3, 0.4) is 0 Å². The molecule has 1 aromatic heterocycles. The van der Waals surface area contributed by atoms with Gasteiger partial charge in [0.1, 0.15) is 11.6 Å². The molecule has 2 N–H and O–H groups in total. The summed E-state index contributed by atoms with van der Waals surface area (Å²) in [5, 5.41) is 0. The van der Waals surface area contributed by atoms with E-state index in [2.05, 4.69) is 43.5 Å². The highest BCUT2D eigenvalue weighted by molar-refractivity contribution is 14.1. The number of nitrogens with zero attached hydrogens (tertiary/aromatic N) is 2. The van der Waals surface area contributed by atoms with E-state index >= 15 is 0 Å².